The third-order valence-corrected chi connectivity index (χ3v) is 7.79. The molecule has 0 spiro atoms. The summed E-state index contributed by atoms with van der Waals surface area (Å²) in [6.45, 7) is 1.31. The van der Waals surface area contributed by atoms with Gasteiger partial charge >= 0.3 is 0 Å². The number of carbonyl (C=O) groups excluding carboxylic acids is 1. The molecule has 170 valence electrons. The van der Waals surface area contributed by atoms with Gasteiger partial charge in [0.05, 0.1) is 18.6 Å². The fraction of sp³-hybridized carbons (Fsp3) is 0.316. The lowest BCUT2D eigenvalue weighted by atomic mass is 10.2. The molecule has 0 atom stereocenters. The van der Waals surface area contributed by atoms with E-state index in [1.54, 1.807) is 12.1 Å². The zero-order chi connectivity index (χ0) is 23.2. The van der Waals surface area contributed by atoms with E-state index in [0.29, 0.717) is 0 Å². The van der Waals surface area contributed by atoms with Crippen LogP contribution < -0.4 is 14.8 Å². The van der Waals surface area contributed by atoms with Gasteiger partial charge in [-0.1, -0.05) is 29.3 Å². The molecule has 0 saturated carbocycles. The van der Waals surface area contributed by atoms with Gasteiger partial charge < -0.3 is 10.1 Å². The molecule has 1 amide bonds. The van der Waals surface area contributed by atoms with Gasteiger partial charge in [0.25, 0.3) is 0 Å². The van der Waals surface area contributed by atoms with E-state index in [1.165, 1.54) is 44.5 Å². The van der Waals surface area contributed by atoms with Gasteiger partial charge in [-0.15, -0.1) is 0 Å². The molecule has 0 radical (unpaired) electrons. The van der Waals surface area contributed by atoms with Crippen molar-refractivity contribution in [3.8, 4) is 5.75 Å². The molecule has 0 aromatic heterocycles. The minimum absolute atomic E-state index is 0.0156. The van der Waals surface area contributed by atoms with Crippen LogP contribution in [-0.2, 0) is 24.8 Å². The van der Waals surface area contributed by atoms with E-state index in [9.17, 15) is 21.6 Å². The zero-order valence-corrected chi connectivity index (χ0v) is 19.6. The number of ether oxygens (including phenoxy) is 1. The maximum absolute atomic E-state index is 12.8. The second-order valence-electron chi connectivity index (χ2n) is 6.62. The number of benzene rings is 2. The van der Waals surface area contributed by atoms with E-state index in [0.717, 1.165) is 9.87 Å². The molecule has 12 heteroatoms. The SMILES string of the molecule is COc1ccc(Cl)cc1S(=O)(=O)N(C)CC(=O)NCCNS(=O)(=O)c1ccc(C)cc1. The van der Waals surface area contributed by atoms with Gasteiger partial charge in [-0.25, -0.2) is 21.6 Å². The molecule has 0 aliphatic carbocycles. The highest BCUT2D eigenvalue weighted by Crippen LogP contribution is 2.28. The summed E-state index contributed by atoms with van der Waals surface area (Å²) in [5, 5.41) is 2.69. The van der Waals surface area contributed by atoms with Gasteiger partial charge in [-0.05, 0) is 37.3 Å². The third kappa shape index (κ3) is 6.65. The van der Waals surface area contributed by atoms with Crippen LogP contribution in [-0.4, -0.2) is 60.8 Å². The highest BCUT2D eigenvalue weighted by Gasteiger charge is 2.26. The monoisotopic (exact) mass is 489 g/mol. The molecule has 0 bridgehead atoms. The Morgan fingerprint density at radius 2 is 1.71 bits per heavy atom. The van der Waals surface area contributed by atoms with Crippen molar-refractivity contribution >= 4 is 37.6 Å². The Balaban J connectivity index is 1.91. The lowest BCUT2D eigenvalue weighted by molar-refractivity contribution is -0.121. The summed E-state index contributed by atoms with van der Waals surface area (Å²) < 4.78 is 58.2. The number of nitrogens with one attached hydrogen (secondary N) is 2. The van der Waals surface area contributed by atoms with Crippen molar-refractivity contribution in [2.45, 2.75) is 16.7 Å². The highest BCUT2D eigenvalue weighted by molar-refractivity contribution is 7.89. The standard InChI is InChI=1S/C19H24ClN3O6S2/c1-14-4-7-16(8-5-14)30(25,26)22-11-10-21-19(24)13-23(2)31(27,28)18-12-15(20)6-9-17(18)29-3/h4-9,12,22H,10-11,13H2,1-3H3,(H,21,24). The largest absolute Gasteiger partial charge is 0.495 e. The van der Waals surface area contributed by atoms with Crippen molar-refractivity contribution < 1.29 is 26.4 Å². The molecular formula is C19H24ClN3O6S2. The second-order valence-corrected chi connectivity index (χ2v) is 10.8. The molecule has 2 N–H and O–H groups in total. The molecule has 0 heterocycles. The van der Waals surface area contributed by atoms with Gasteiger partial charge in [0.1, 0.15) is 10.6 Å². The molecule has 2 aromatic rings. The van der Waals surface area contributed by atoms with Crippen LogP contribution in [0.5, 0.6) is 5.75 Å². The van der Waals surface area contributed by atoms with Gasteiger partial charge in [0.15, 0.2) is 0 Å². The van der Waals surface area contributed by atoms with Crippen molar-refractivity contribution in [2.24, 2.45) is 0 Å². The molecule has 2 rings (SSSR count). The number of nitrogens with zero attached hydrogens (tertiary/aromatic N) is 1. The summed E-state index contributed by atoms with van der Waals surface area (Å²) in [7, 11) is -5.17. The smallest absolute Gasteiger partial charge is 0.247 e. The van der Waals surface area contributed by atoms with E-state index in [1.807, 2.05) is 6.92 Å². The predicted octanol–water partition coefficient (Wildman–Crippen LogP) is 1.37. The lowest BCUT2D eigenvalue weighted by Gasteiger charge is -2.18. The van der Waals surface area contributed by atoms with Crippen LogP contribution in [0.2, 0.25) is 5.02 Å². The molecular weight excluding hydrogens is 466 g/mol. The number of aryl methyl sites for hydroxylation is 1. The van der Waals surface area contributed by atoms with Crippen LogP contribution in [0.25, 0.3) is 0 Å². The van der Waals surface area contributed by atoms with E-state index in [2.05, 4.69) is 10.0 Å². The van der Waals surface area contributed by atoms with Crippen molar-refractivity contribution in [1.82, 2.24) is 14.3 Å². The first-order valence-electron chi connectivity index (χ1n) is 9.10. The Kier molecular flexibility index (Phi) is 8.43. The fourth-order valence-electron chi connectivity index (χ4n) is 2.55. The van der Waals surface area contributed by atoms with Crippen molar-refractivity contribution in [1.29, 1.82) is 0 Å². The Morgan fingerprint density at radius 3 is 2.32 bits per heavy atom. The Hall–Kier alpha value is -2.18. The molecule has 9 nitrogen and oxygen atoms in total. The third-order valence-electron chi connectivity index (χ3n) is 4.25. The first-order valence-corrected chi connectivity index (χ1v) is 12.4. The number of hydrogen-bond donors (Lipinski definition) is 2. The average Bonchev–Trinajstić information content (AvgIpc) is 2.71. The lowest BCUT2D eigenvalue weighted by Crippen LogP contribution is -2.41. The van der Waals surface area contributed by atoms with Crippen LogP contribution in [0.4, 0.5) is 0 Å². The van der Waals surface area contributed by atoms with Crippen LogP contribution in [0.1, 0.15) is 5.56 Å². The minimum atomic E-state index is -4.04. The number of amides is 1. The van der Waals surface area contributed by atoms with Crippen molar-refractivity contribution in [3.63, 3.8) is 0 Å². The summed E-state index contributed by atoms with van der Waals surface area (Å²) in [6, 6.07) is 10.5. The highest BCUT2D eigenvalue weighted by atomic mass is 35.5. The van der Waals surface area contributed by atoms with Crippen molar-refractivity contribution in [2.75, 3.05) is 33.8 Å². The minimum Gasteiger partial charge on any atom is -0.495 e. The van der Waals surface area contributed by atoms with Gasteiger partial charge in [-0.2, -0.15) is 4.31 Å². The second kappa shape index (κ2) is 10.4. The van der Waals surface area contributed by atoms with Crippen LogP contribution in [0, 0.1) is 6.92 Å². The van der Waals surface area contributed by atoms with Gasteiger partial charge in [-0.3, -0.25) is 4.79 Å². The first kappa shape index (κ1) is 25.1. The number of methoxy groups -OCH3 is 1. The molecule has 0 fully saturated rings. The molecule has 0 unspecified atom stereocenters. The summed E-state index contributed by atoms with van der Waals surface area (Å²) in [6.07, 6.45) is 0. The molecule has 0 saturated heterocycles. The van der Waals surface area contributed by atoms with Crippen LogP contribution in [0.15, 0.2) is 52.3 Å². The number of carbonyl (C=O) groups is 1. The summed E-state index contributed by atoms with van der Waals surface area (Å²) in [4.78, 5) is 12.1. The van der Waals surface area contributed by atoms with E-state index in [-0.39, 0.29) is 33.7 Å². The summed E-state index contributed by atoms with van der Waals surface area (Å²) >= 11 is 5.89. The first-order chi connectivity index (χ1) is 14.5. The van der Waals surface area contributed by atoms with E-state index >= 15 is 0 Å². The molecule has 2 aromatic carbocycles. The summed E-state index contributed by atoms with van der Waals surface area (Å²) in [5.74, 6) is -0.497. The maximum atomic E-state index is 12.8. The van der Waals surface area contributed by atoms with Crippen molar-refractivity contribution in [3.05, 3.63) is 53.1 Å². The number of hydrogen-bond acceptors (Lipinski definition) is 6. The topological polar surface area (TPSA) is 122 Å². The quantitative estimate of drug-likeness (QED) is 0.486. The molecule has 0 aliphatic rings. The van der Waals surface area contributed by atoms with Gasteiger partial charge in [0, 0.05) is 25.2 Å². The van der Waals surface area contributed by atoms with Crippen LogP contribution >= 0.6 is 11.6 Å². The van der Waals surface area contributed by atoms with E-state index in [4.69, 9.17) is 16.3 Å². The normalized spacial score (nSPS) is 12.0. The zero-order valence-electron chi connectivity index (χ0n) is 17.3. The fourth-order valence-corrected chi connectivity index (χ4v) is 5.12. The summed E-state index contributed by atoms with van der Waals surface area (Å²) in [5.41, 5.74) is 0.931. The Bertz CT molecular complexity index is 1140. The molecule has 0 aliphatic heterocycles. The predicted molar refractivity (Wildman–Crippen MR) is 117 cm³/mol. The number of likely N-dealkylation sites (N-methyl/N-ethyl adjacent to an activating group) is 1. The molecule has 31 heavy (non-hydrogen) atoms. The number of rotatable bonds is 10. The van der Waals surface area contributed by atoms with E-state index < -0.39 is 32.5 Å². The van der Waals surface area contributed by atoms with Crippen LogP contribution in [0.3, 0.4) is 0 Å². The number of halogens is 1. The van der Waals surface area contributed by atoms with Gasteiger partial charge in [0.2, 0.25) is 26.0 Å². The Labute approximate surface area is 187 Å². The maximum Gasteiger partial charge on any atom is 0.247 e. The average molecular weight is 490 g/mol. The Morgan fingerprint density at radius 1 is 1.06 bits per heavy atom. The number of sulfonamides is 2.